The van der Waals surface area contributed by atoms with Crippen LogP contribution in [-0.2, 0) is 74.7 Å². The van der Waals surface area contributed by atoms with Gasteiger partial charge in [-0.15, -0.1) is 0 Å². The van der Waals surface area contributed by atoms with Crippen molar-refractivity contribution in [3.05, 3.63) is 6.61 Å². The number of ether oxygens (including phenoxy) is 4. The van der Waals surface area contributed by atoms with Gasteiger partial charge in [0.2, 0.25) is 7.82 Å². The maximum absolute atomic E-state index is 12.4. The van der Waals surface area contributed by atoms with E-state index in [-0.39, 0.29) is 79.3 Å². The Labute approximate surface area is 208 Å². The van der Waals surface area contributed by atoms with Crippen LogP contribution >= 0.6 is 7.82 Å². The summed E-state index contributed by atoms with van der Waals surface area (Å²) in [6.45, 7) is 12.3. The second kappa shape index (κ2) is 13.2. The van der Waals surface area contributed by atoms with Crippen LogP contribution < -0.4 is 10.6 Å². The topological polar surface area (TPSA) is 122 Å². The van der Waals surface area contributed by atoms with Crippen molar-refractivity contribution in [1.29, 1.82) is 0 Å². The second-order valence-electron chi connectivity index (χ2n) is 8.13. The van der Waals surface area contributed by atoms with Crippen molar-refractivity contribution in [3.8, 4) is 0 Å². The summed E-state index contributed by atoms with van der Waals surface area (Å²) >= 11 is 0. The quantitative estimate of drug-likeness (QED) is 0.262. The van der Waals surface area contributed by atoms with E-state index in [0.717, 1.165) is 6.61 Å². The second-order valence-corrected chi connectivity index (χ2v) is 9.45. The van der Waals surface area contributed by atoms with Gasteiger partial charge in [0.25, 0.3) is 0 Å². The molecule has 2 heterocycles. The van der Waals surface area contributed by atoms with Crippen LogP contribution in [0.15, 0.2) is 0 Å². The van der Waals surface area contributed by atoms with Crippen molar-refractivity contribution < 1.29 is 79.6 Å². The van der Waals surface area contributed by atoms with Crippen molar-refractivity contribution in [2.75, 3.05) is 6.61 Å². The zero-order valence-corrected chi connectivity index (χ0v) is 25.1. The molecule has 0 aromatic heterocycles. The van der Waals surface area contributed by atoms with E-state index >= 15 is 0 Å². The van der Waals surface area contributed by atoms with Crippen molar-refractivity contribution in [3.63, 3.8) is 0 Å². The Hall–Kier alpha value is 1.29. The number of hydrogen-bond acceptors (Lipinski definition) is 9. The first kappa shape index (κ1) is 31.3. The minimum Gasteiger partial charge on any atom is -0.758 e. The molecule has 2 aliphatic heterocycles. The van der Waals surface area contributed by atoms with Gasteiger partial charge in [-0.3, -0.25) is 10.3 Å². The van der Waals surface area contributed by atoms with Crippen LogP contribution in [0.3, 0.4) is 0 Å². The third-order valence-corrected chi connectivity index (χ3v) is 5.39. The summed E-state index contributed by atoms with van der Waals surface area (Å²) in [7, 11) is -4.69. The van der Waals surface area contributed by atoms with Gasteiger partial charge < -0.3 is 32.9 Å². The average Bonchev–Trinajstić information content (AvgIpc) is 3.02. The Morgan fingerprint density at radius 3 is 2.37 bits per heavy atom. The standard InChI is InChI=1S/C18H35NO8P.2W/c1-11(2)22-10-18(19)17(8-14(6)26-18)27-28(20,21)23-9-16-15(24-12(3)4)7-13(5)25-16;;/h9,11-17H,7-8,10,19H2,1-6H3,(H,20,21);;/q-1;;/p-1/t13-,14-,15?,16+,17?,18+;;/m0../s1. The van der Waals surface area contributed by atoms with E-state index in [1.807, 2.05) is 34.6 Å². The molecule has 0 aromatic carbocycles. The predicted molar refractivity (Wildman–Crippen MR) is 100.0 cm³/mol. The Bertz CT molecular complexity index is 558. The van der Waals surface area contributed by atoms with E-state index in [2.05, 4.69) is 0 Å². The van der Waals surface area contributed by atoms with E-state index in [4.69, 9.17) is 33.7 Å². The van der Waals surface area contributed by atoms with Crippen molar-refractivity contribution >= 4 is 7.82 Å². The fourth-order valence-electron chi connectivity index (χ4n) is 3.35. The molecule has 2 N–H and O–H groups in total. The van der Waals surface area contributed by atoms with Gasteiger partial charge in [0.15, 0.2) is 5.72 Å². The molecular formula is C18H34NO8PW2-2. The molecule has 2 fully saturated rings. The Balaban J connectivity index is 0.00000420. The van der Waals surface area contributed by atoms with Gasteiger partial charge in [0.05, 0.1) is 37.1 Å². The molecule has 2 aliphatic rings. The van der Waals surface area contributed by atoms with Crippen LogP contribution in [0.5, 0.6) is 0 Å². The van der Waals surface area contributed by atoms with Gasteiger partial charge >= 0.3 is 0 Å². The number of rotatable bonds is 10. The fraction of sp³-hybridized carbons (Fsp3) is 0.944. The molecule has 12 heteroatoms. The first-order valence-electron chi connectivity index (χ1n) is 9.80. The summed E-state index contributed by atoms with van der Waals surface area (Å²) in [4.78, 5) is 12.4. The van der Waals surface area contributed by atoms with Crippen LogP contribution in [0.4, 0.5) is 0 Å². The number of phosphoric acid groups is 1. The number of hydrogen-bond donors (Lipinski definition) is 1. The van der Waals surface area contributed by atoms with Crippen LogP contribution in [0.1, 0.15) is 54.4 Å². The van der Waals surface area contributed by atoms with Gasteiger partial charge in [-0.1, -0.05) is 0 Å². The number of phosphoric ester groups is 1. The maximum Gasteiger partial charge on any atom is 0.237 e. The van der Waals surface area contributed by atoms with Gasteiger partial charge in [0.1, 0.15) is 6.10 Å². The van der Waals surface area contributed by atoms with E-state index in [1.165, 1.54) is 0 Å². The SMILES string of the molecule is CC(C)OC[C@@]1(N)O[C@@H](C)CC1OP(=O)([O-])O[CH-][C@H]1O[C@@H](C)CC1OC(C)C.[W].[W]. The number of nitrogens with two attached hydrogens (primary N) is 1. The van der Waals surface area contributed by atoms with Crippen LogP contribution in [-0.4, -0.2) is 55.1 Å². The van der Waals surface area contributed by atoms with Crippen molar-refractivity contribution in [2.24, 2.45) is 5.73 Å². The van der Waals surface area contributed by atoms with E-state index in [9.17, 15) is 9.46 Å². The summed E-state index contributed by atoms with van der Waals surface area (Å²) in [6.07, 6.45) is -1.25. The molecule has 0 amide bonds. The van der Waals surface area contributed by atoms with Gasteiger partial charge in [0, 0.05) is 48.6 Å². The van der Waals surface area contributed by atoms with Gasteiger partial charge in [-0.25, -0.2) is 0 Å². The molecule has 0 radical (unpaired) electrons. The molecule has 3 unspecified atom stereocenters. The first-order valence-corrected chi connectivity index (χ1v) is 11.3. The zero-order chi connectivity index (χ0) is 21.1. The van der Waals surface area contributed by atoms with E-state index < -0.39 is 25.8 Å². The van der Waals surface area contributed by atoms with E-state index in [1.54, 1.807) is 6.92 Å². The Morgan fingerprint density at radius 2 is 1.80 bits per heavy atom. The molecule has 30 heavy (non-hydrogen) atoms. The summed E-state index contributed by atoms with van der Waals surface area (Å²) in [6, 6.07) is 0. The third-order valence-electron chi connectivity index (χ3n) is 4.50. The molecule has 0 spiro atoms. The molecule has 2 saturated heterocycles. The molecule has 0 bridgehead atoms. The maximum atomic E-state index is 12.4. The fourth-order valence-corrected chi connectivity index (χ4v) is 4.24. The molecule has 0 aromatic rings. The molecule has 178 valence electrons. The largest absolute Gasteiger partial charge is 0.758 e. The molecule has 0 saturated carbocycles. The van der Waals surface area contributed by atoms with Gasteiger partial charge in [-0.2, -0.15) is 6.61 Å². The minimum atomic E-state index is -4.69. The molecular weight excluding hydrogens is 757 g/mol. The van der Waals surface area contributed by atoms with Crippen molar-refractivity contribution in [2.45, 2.75) is 103 Å². The zero-order valence-electron chi connectivity index (χ0n) is 18.3. The summed E-state index contributed by atoms with van der Waals surface area (Å²) < 4.78 is 45.2. The average molecular weight is 791 g/mol. The van der Waals surface area contributed by atoms with Crippen LogP contribution in [0.2, 0.25) is 0 Å². The summed E-state index contributed by atoms with van der Waals surface area (Å²) in [5, 5.41) is 0. The summed E-state index contributed by atoms with van der Waals surface area (Å²) in [5.41, 5.74) is 4.85. The van der Waals surface area contributed by atoms with Gasteiger partial charge in [-0.05, 0) is 54.1 Å². The van der Waals surface area contributed by atoms with Crippen LogP contribution in [0, 0.1) is 6.61 Å². The molecule has 0 aliphatic carbocycles. The van der Waals surface area contributed by atoms with Crippen LogP contribution in [0.25, 0.3) is 0 Å². The van der Waals surface area contributed by atoms with E-state index in [0.29, 0.717) is 12.8 Å². The predicted octanol–water partition coefficient (Wildman–Crippen LogP) is 1.87. The normalized spacial score (nSPS) is 35.9. The third kappa shape index (κ3) is 9.65. The first-order chi connectivity index (χ1) is 12.9. The summed E-state index contributed by atoms with van der Waals surface area (Å²) in [5.74, 6) is 0. The monoisotopic (exact) mass is 791 g/mol. The van der Waals surface area contributed by atoms with Crippen molar-refractivity contribution in [1.82, 2.24) is 0 Å². The smallest absolute Gasteiger partial charge is 0.237 e. The molecule has 9 nitrogen and oxygen atoms in total. The molecule has 7 atom stereocenters. The Kier molecular flexibility index (Phi) is 13.8. The Morgan fingerprint density at radius 1 is 1.17 bits per heavy atom. The minimum absolute atomic E-state index is 0. The molecule has 2 rings (SSSR count).